The molecule has 0 bridgehead atoms. The van der Waals surface area contributed by atoms with E-state index in [2.05, 4.69) is 72.8 Å². The number of nitrogens with one attached hydrogen (secondary N) is 1. The molecule has 0 heterocycles. The summed E-state index contributed by atoms with van der Waals surface area (Å²) in [4.78, 5) is 4.01. The SMILES string of the molecule is CN(C(=N)N(C)c1ccc2cccc3c2c1CC3)c1ccc2c(c1)Cc1ccccc1-2. The van der Waals surface area contributed by atoms with Gasteiger partial charge in [0.25, 0.3) is 0 Å². The Morgan fingerprint density at radius 2 is 1.55 bits per heavy atom. The summed E-state index contributed by atoms with van der Waals surface area (Å²) in [6, 6.07) is 26.2. The van der Waals surface area contributed by atoms with Crippen molar-refractivity contribution in [3.8, 4) is 11.1 Å². The monoisotopic (exact) mass is 403 g/mol. The van der Waals surface area contributed by atoms with Crippen molar-refractivity contribution in [1.82, 2.24) is 0 Å². The Labute approximate surface area is 183 Å². The van der Waals surface area contributed by atoms with Crippen LogP contribution in [-0.4, -0.2) is 20.1 Å². The van der Waals surface area contributed by atoms with E-state index in [9.17, 15) is 0 Å². The van der Waals surface area contributed by atoms with Gasteiger partial charge in [-0.3, -0.25) is 5.41 Å². The fourth-order valence-corrected chi connectivity index (χ4v) is 5.36. The zero-order chi connectivity index (χ0) is 21.1. The summed E-state index contributed by atoms with van der Waals surface area (Å²) in [5.41, 5.74) is 10.4. The molecule has 0 unspecified atom stereocenters. The quantitative estimate of drug-likeness (QED) is 0.289. The number of nitrogens with zero attached hydrogens (tertiary/aromatic N) is 2. The number of guanidine groups is 1. The first-order chi connectivity index (χ1) is 15.1. The third-order valence-electron chi connectivity index (χ3n) is 7.02. The fourth-order valence-electron chi connectivity index (χ4n) is 5.36. The zero-order valence-electron chi connectivity index (χ0n) is 17.9. The van der Waals surface area contributed by atoms with Crippen molar-refractivity contribution in [3.63, 3.8) is 0 Å². The van der Waals surface area contributed by atoms with Crippen molar-refractivity contribution in [1.29, 1.82) is 5.41 Å². The van der Waals surface area contributed by atoms with Gasteiger partial charge in [0, 0.05) is 25.5 Å². The van der Waals surface area contributed by atoms with Crippen molar-refractivity contribution >= 4 is 28.1 Å². The Kier molecular flexibility index (Phi) is 3.94. The second-order valence-corrected chi connectivity index (χ2v) is 8.70. The largest absolute Gasteiger partial charge is 0.316 e. The van der Waals surface area contributed by atoms with Crippen LogP contribution in [0.1, 0.15) is 22.3 Å². The number of anilines is 2. The Morgan fingerprint density at radius 1 is 0.742 bits per heavy atom. The molecule has 2 aliphatic rings. The van der Waals surface area contributed by atoms with Gasteiger partial charge in [-0.15, -0.1) is 0 Å². The molecule has 152 valence electrons. The van der Waals surface area contributed by atoms with Crippen LogP contribution in [0.2, 0.25) is 0 Å². The first-order valence-electron chi connectivity index (χ1n) is 10.9. The van der Waals surface area contributed by atoms with Gasteiger partial charge in [-0.05, 0) is 81.6 Å². The minimum Gasteiger partial charge on any atom is -0.316 e. The van der Waals surface area contributed by atoms with Gasteiger partial charge in [-0.2, -0.15) is 0 Å². The molecule has 0 aromatic heterocycles. The molecule has 4 aromatic carbocycles. The smallest absolute Gasteiger partial charge is 0.202 e. The lowest BCUT2D eigenvalue weighted by Gasteiger charge is -2.30. The molecule has 1 N–H and O–H groups in total. The summed E-state index contributed by atoms with van der Waals surface area (Å²) in [6.45, 7) is 0. The van der Waals surface area contributed by atoms with Crippen LogP contribution in [0.3, 0.4) is 0 Å². The highest BCUT2D eigenvalue weighted by Crippen LogP contribution is 2.39. The lowest BCUT2D eigenvalue weighted by atomic mass is 10.0. The molecule has 0 atom stereocenters. The first-order valence-corrected chi connectivity index (χ1v) is 10.9. The molecule has 31 heavy (non-hydrogen) atoms. The fraction of sp³-hybridized carbons (Fsp3) is 0.179. The van der Waals surface area contributed by atoms with Gasteiger partial charge < -0.3 is 9.80 Å². The third-order valence-corrected chi connectivity index (χ3v) is 7.02. The highest BCUT2D eigenvalue weighted by atomic mass is 15.3. The highest BCUT2D eigenvalue weighted by molar-refractivity contribution is 6.07. The van der Waals surface area contributed by atoms with Crippen LogP contribution < -0.4 is 9.80 Å². The number of benzene rings is 4. The molecule has 2 aliphatic carbocycles. The maximum Gasteiger partial charge on any atom is 0.202 e. The summed E-state index contributed by atoms with van der Waals surface area (Å²) in [6.07, 6.45) is 3.10. The number of fused-ring (bicyclic) bond motifs is 3. The summed E-state index contributed by atoms with van der Waals surface area (Å²) in [5.74, 6) is 0.482. The van der Waals surface area contributed by atoms with E-state index in [0.717, 1.165) is 30.6 Å². The molecule has 6 rings (SSSR count). The average molecular weight is 404 g/mol. The van der Waals surface area contributed by atoms with E-state index in [4.69, 9.17) is 5.41 Å². The Bertz CT molecular complexity index is 1370. The lowest BCUT2D eigenvalue weighted by molar-refractivity contribution is 1.01. The Morgan fingerprint density at radius 3 is 2.45 bits per heavy atom. The van der Waals surface area contributed by atoms with E-state index in [1.807, 2.05) is 23.9 Å². The lowest BCUT2D eigenvalue weighted by Crippen LogP contribution is -2.40. The molecule has 3 heteroatoms. The van der Waals surface area contributed by atoms with Gasteiger partial charge in [-0.25, -0.2) is 0 Å². The van der Waals surface area contributed by atoms with Crippen LogP contribution >= 0.6 is 0 Å². The first kappa shape index (κ1) is 18.2. The van der Waals surface area contributed by atoms with Crippen LogP contribution in [0, 0.1) is 5.41 Å². The predicted molar refractivity (Wildman–Crippen MR) is 131 cm³/mol. The normalized spacial score (nSPS) is 13.2. The molecule has 4 aromatic rings. The topological polar surface area (TPSA) is 30.3 Å². The molecular weight excluding hydrogens is 378 g/mol. The highest BCUT2D eigenvalue weighted by Gasteiger charge is 2.23. The second-order valence-electron chi connectivity index (χ2n) is 8.70. The van der Waals surface area contributed by atoms with Gasteiger partial charge >= 0.3 is 0 Å². The maximum absolute atomic E-state index is 8.95. The summed E-state index contributed by atoms with van der Waals surface area (Å²) >= 11 is 0. The predicted octanol–water partition coefficient (Wildman–Crippen LogP) is 6.02. The summed E-state index contributed by atoms with van der Waals surface area (Å²) in [5, 5.41) is 11.6. The Hall–Kier alpha value is -3.59. The van der Waals surface area contributed by atoms with Crippen molar-refractivity contribution in [2.24, 2.45) is 0 Å². The van der Waals surface area contributed by atoms with E-state index in [0.29, 0.717) is 5.96 Å². The average Bonchev–Trinajstić information content (AvgIpc) is 3.40. The van der Waals surface area contributed by atoms with Crippen molar-refractivity contribution in [2.45, 2.75) is 19.3 Å². The number of rotatable bonds is 2. The minimum atomic E-state index is 0.482. The van der Waals surface area contributed by atoms with Gasteiger partial charge in [-0.1, -0.05) is 54.6 Å². The van der Waals surface area contributed by atoms with Crippen molar-refractivity contribution in [3.05, 3.63) is 95.1 Å². The molecule has 0 saturated heterocycles. The van der Waals surface area contributed by atoms with Gasteiger partial charge in [0.2, 0.25) is 5.96 Å². The summed E-state index contributed by atoms with van der Waals surface area (Å²) in [7, 11) is 4.01. The maximum atomic E-state index is 8.95. The molecule has 0 radical (unpaired) electrons. The summed E-state index contributed by atoms with van der Waals surface area (Å²) < 4.78 is 0. The second kappa shape index (κ2) is 6.71. The van der Waals surface area contributed by atoms with E-state index in [1.165, 1.54) is 44.2 Å². The van der Waals surface area contributed by atoms with Crippen LogP contribution in [0.4, 0.5) is 11.4 Å². The number of hydrogen-bond donors (Lipinski definition) is 1. The van der Waals surface area contributed by atoms with Crippen LogP contribution in [-0.2, 0) is 19.3 Å². The zero-order valence-corrected chi connectivity index (χ0v) is 17.9. The molecule has 3 nitrogen and oxygen atoms in total. The number of aryl methyl sites for hydroxylation is 2. The van der Waals surface area contributed by atoms with Gasteiger partial charge in [0.05, 0.1) is 0 Å². The molecule has 0 spiro atoms. The minimum absolute atomic E-state index is 0.482. The Balaban J connectivity index is 1.32. The van der Waals surface area contributed by atoms with Crippen LogP contribution in [0.25, 0.3) is 21.9 Å². The van der Waals surface area contributed by atoms with Crippen molar-refractivity contribution < 1.29 is 0 Å². The van der Waals surface area contributed by atoms with E-state index < -0.39 is 0 Å². The molecule has 0 aliphatic heterocycles. The van der Waals surface area contributed by atoms with E-state index in [-0.39, 0.29) is 0 Å². The van der Waals surface area contributed by atoms with Gasteiger partial charge in [0.1, 0.15) is 0 Å². The molecule has 0 fully saturated rings. The molecule has 0 saturated carbocycles. The third kappa shape index (κ3) is 2.70. The van der Waals surface area contributed by atoms with E-state index in [1.54, 1.807) is 0 Å². The van der Waals surface area contributed by atoms with Crippen LogP contribution in [0.5, 0.6) is 0 Å². The van der Waals surface area contributed by atoms with Crippen molar-refractivity contribution in [2.75, 3.05) is 23.9 Å². The standard InChI is InChI=1S/C28H25N3/c1-30(22-12-14-24-21(17-22)16-20-6-3-4-9-23(20)24)28(29)31(2)26-15-11-19-8-5-7-18-10-13-25(26)27(18)19/h3-9,11-12,14-15,17,29H,10,13,16H2,1-2H3. The van der Waals surface area contributed by atoms with Gasteiger partial charge in [0.15, 0.2) is 0 Å². The molecule has 0 amide bonds. The number of hydrogen-bond acceptors (Lipinski definition) is 1. The van der Waals surface area contributed by atoms with E-state index >= 15 is 0 Å². The van der Waals surface area contributed by atoms with Crippen LogP contribution in [0.15, 0.2) is 72.8 Å². The molecular formula is C28H25N3.